The minimum absolute atomic E-state index is 0.0373. The van der Waals surface area contributed by atoms with Crippen LogP contribution in [0.5, 0.6) is 0 Å². The van der Waals surface area contributed by atoms with Crippen molar-refractivity contribution in [2.24, 2.45) is 0 Å². The van der Waals surface area contributed by atoms with Crippen molar-refractivity contribution < 1.29 is 18.0 Å². The van der Waals surface area contributed by atoms with Crippen LogP contribution in [0.3, 0.4) is 0 Å². The Morgan fingerprint density at radius 2 is 1.64 bits per heavy atom. The molecule has 2 aromatic carbocycles. The zero-order valence-electron chi connectivity index (χ0n) is 22.8. The van der Waals surface area contributed by atoms with Gasteiger partial charge in [-0.1, -0.05) is 69.7 Å². The van der Waals surface area contributed by atoms with Gasteiger partial charge in [-0.2, -0.15) is 0 Å². The number of carbonyl (C=O) groups excluding carboxylic acids is 2. The van der Waals surface area contributed by atoms with Gasteiger partial charge < -0.3 is 10.2 Å². The number of hydrogen-bond acceptors (Lipinski definition) is 4. The smallest absolute Gasteiger partial charge is 0.244 e. The van der Waals surface area contributed by atoms with Gasteiger partial charge in [0.2, 0.25) is 21.8 Å². The second-order valence-corrected chi connectivity index (χ2v) is 12.5. The number of nitrogens with one attached hydrogen (secondary N) is 1. The van der Waals surface area contributed by atoms with Crippen LogP contribution in [-0.2, 0) is 31.6 Å². The fourth-order valence-corrected chi connectivity index (χ4v) is 4.65. The van der Waals surface area contributed by atoms with Gasteiger partial charge in [-0.25, -0.2) is 8.42 Å². The molecule has 0 aliphatic carbocycles. The summed E-state index contributed by atoms with van der Waals surface area (Å²) in [6, 6.07) is 14.1. The van der Waals surface area contributed by atoms with Crippen LogP contribution in [0, 0.1) is 6.92 Å². The summed E-state index contributed by atoms with van der Waals surface area (Å²) in [5, 5.41) is 2.93. The summed E-state index contributed by atoms with van der Waals surface area (Å²) in [5.74, 6) is -0.723. The van der Waals surface area contributed by atoms with Crippen LogP contribution in [0.25, 0.3) is 0 Å². The van der Waals surface area contributed by atoms with Crippen LogP contribution in [0.2, 0.25) is 0 Å². The lowest BCUT2D eigenvalue weighted by Crippen LogP contribution is -2.52. The second kappa shape index (κ2) is 11.9. The summed E-state index contributed by atoms with van der Waals surface area (Å²) < 4.78 is 26.6. The lowest BCUT2D eigenvalue weighted by atomic mass is 9.87. The average Bonchev–Trinajstić information content (AvgIpc) is 2.79. The molecule has 0 spiro atoms. The Bertz CT molecular complexity index is 1150. The molecule has 0 radical (unpaired) electrons. The van der Waals surface area contributed by atoms with Gasteiger partial charge in [-0.3, -0.25) is 13.9 Å². The van der Waals surface area contributed by atoms with Crippen molar-refractivity contribution in [3.05, 3.63) is 65.2 Å². The van der Waals surface area contributed by atoms with Crippen molar-refractivity contribution in [1.29, 1.82) is 0 Å². The zero-order valence-corrected chi connectivity index (χ0v) is 23.6. The molecule has 2 aromatic rings. The fourth-order valence-electron chi connectivity index (χ4n) is 3.80. The van der Waals surface area contributed by atoms with Crippen LogP contribution >= 0.6 is 0 Å². The number of benzene rings is 2. The van der Waals surface area contributed by atoms with E-state index >= 15 is 0 Å². The largest absolute Gasteiger partial charge is 0.352 e. The number of hydrogen-bond donors (Lipinski definition) is 1. The number of rotatable bonds is 10. The molecule has 0 fully saturated rings. The van der Waals surface area contributed by atoms with E-state index in [9.17, 15) is 18.0 Å². The van der Waals surface area contributed by atoms with E-state index in [0.717, 1.165) is 33.7 Å². The number of sulfonamides is 1. The molecule has 0 saturated carbocycles. The van der Waals surface area contributed by atoms with Gasteiger partial charge in [0.25, 0.3) is 0 Å². The SMILES string of the molecule is CC[C@H](C)NC(=O)[C@@H](C)N(Cc1cccc(C)c1)C(=O)CN(c1ccc(C(C)(C)C)cc1)S(C)(=O)=O. The zero-order chi connectivity index (χ0) is 27.3. The van der Waals surface area contributed by atoms with Crippen LogP contribution in [-0.4, -0.2) is 50.0 Å². The molecular weight excluding hydrogens is 474 g/mol. The molecule has 0 aliphatic heterocycles. The Balaban J connectivity index is 2.40. The molecule has 0 aliphatic rings. The Morgan fingerprint density at radius 3 is 2.14 bits per heavy atom. The predicted octanol–water partition coefficient (Wildman–Crippen LogP) is 4.39. The molecule has 1 N–H and O–H groups in total. The number of carbonyl (C=O) groups is 2. The first-order chi connectivity index (χ1) is 16.6. The summed E-state index contributed by atoms with van der Waals surface area (Å²) in [6.45, 7) is 13.5. The maximum absolute atomic E-state index is 13.6. The number of aryl methyl sites for hydroxylation is 1. The van der Waals surface area contributed by atoms with Crippen molar-refractivity contribution in [2.75, 3.05) is 17.1 Å². The molecule has 2 atom stereocenters. The van der Waals surface area contributed by atoms with Crippen LogP contribution in [0.1, 0.15) is 64.7 Å². The molecule has 198 valence electrons. The summed E-state index contributed by atoms with van der Waals surface area (Å²) in [7, 11) is -3.76. The summed E-state index contributed by atoms with van der Waals surface area (Å²) in [4.78, 5) is 28.0. The molecule has 0 aromatic heterocycles. The molecule has 0 heterocycles. The summed E-state index contributed by atoms with van der Waals surface area (Å²) >= 11 is 0. The van der Waals surface area contributed by atoms with E-state index in [2.05, 4.69) is 26.1 Å². The highest BCUT2D eigenvalue weighted by atomic mass is 32.2. The first kappa shape index (κ1) is 29.4. The van der Waals surface area contributed by atoms with Crippen molar-refractivity contribution in [3.8, 4) is 0 Å². The third-order valence-corrected chi connectivity index (χ3v) is 7.44. The highest BCUT2D eigenvalue weighted by Gasteiger charge is 2.30. The van der Waals surface area contributed by atoms with Crippen molar-refractivity contribution in [3.63, 3.8) is 0 Å². The standard InChI is InChI=1S/C28H41N3O4S/c1-9-21(3)29-27(33)22(4)30(18-23-12-10-11-20(2)17-23)26(32)19-31(36(8,34)35)25-15-13-24(14-16-25)28(5,6)7/h10-17,21-22H,9,18-19H2,1-8H3,(H,29,33)/t21-,22+/m0/s1. The number of nitrogens with zero attached hydrogens (tertiary/aromatic N) is 2. The highest BCUT2D eigenvalue weighted by Crippen LogP contribution is 2.26. The summed E-state index contributed by atoms with van der Waals surface area (Å²) in [6.07, 6.45) is 1.85. The summed E-state index contributed by atoms with van der Waals surface area (Å²) in [5.41, 5.74) is 3.28. The van der Waals surface area contributed by atoms with E-state index in [1.165, 1.54) is 4.90 Å². The first-order valence-corrected chi connectivity index (χ1v) is 14.2. The van der Waals surface area contributed by atoms with Gasteiger partial charge in [0, 0.05) is 12.6 Å². The van der Waals surface area contributed by atoms with E-state index in [1.807, 2.05) is 57.2 Å². The second-order valence-electron chi connectivity index (χ2n) is 10.6. The Labute approximate surface area is 216 Å². The third kappa shape index (κ3) is 8.08. The molecular formula is C28H41N3O4S. The van der Waals surface area contributed by atoms with Gasteiger partial charge >= 0.3 is 0 Å². The van der Waals surface area contributed by atoms with Crippen molar-refractivity contribution >= 4 is 27.5 Å². The Morgan fingerprint density at radius 1 is 1.03 bits per heavy atom. The van der Waals surface area contributed by atoms with E-state index in [1.54, 1.807) is 19.1 Å². The normalized spacial score (nSPS) is 13.6. The van der Waals surface area contributed by atoms with E-state index in [-0.39, 0.29) is 23.9 Å². The molecule has 8 heteroatoms. The van der Waals surface area contributed by atoms with Crippen LogP contribution in [0.4, 0.5) is 5.69 Å². The monoisotopic (exact) mass is 515 g/mol. The topological polar surface area (TPSA) is 86.8 Å². The molecule has 0 bridgehead atoms. The van der Waals surface area contributed by atoms with Gasteiger partial charge in [0.05, 0.1) is 11.9 Å². The van der Waals surface area contributed by atoms with Crippen molar-refractivity contribution in [2.45, 2.75) is 78.9 Å². The van der Waals surface area contributed by atoms with Gasteiger partial charge in [-0.05, 0) is 55.9 Å². The van der Waals surface area contributed by atoms with Crippen LogP contribution in [0.15, 0.2) is 48.5 Å². The lowest BCUT2D eigenvalue weighted by Gasteiger charge is -2.32. The van der Waals surface area contributed by atoms with E-state index in [0.29, 0.717) is 5.69 Å². The van der Waals surface area contributed by atoms with Gasteiger partial charge in [0.15, 0.2) is 0 Å². The minimum Gasteiger partial charge on any atom is -0.352 e. The van der Waals surface area contributed by atoms with Crippen LogP contribution < -0.4 is 9.62 Å². The number of amides is 2. The van der Waals surface area contributed by atoms with E-state index in [4.69, 9.17) is 0 Å². The molecule has 2 amide bonds. The molecule has 7 nitrogen and oxygen atoms in total. The fraction of sp³-hybridized carbons (Fsp3) is 0.500. The number of anilines is 1. The highest BCUT2D eigenvalue weighted by molar-refractivity contribution is 7.92. The Kier molecular flexibility index (Phi) is 9.71. The van der Waals surface area contributed by atoms with Gasteiger partial charge in [-0.15, -0.1) is 0 Å². The molecule has 0 unspecified atom stereocenters. The maximum Gasteiger partial charge on any atom is 0.244 e. The van der Waals surface area contributed by atoms with Crippen molar-refractivity contribution in [1.82, 2.24) is 10.2 Å². The molecule has 0 saturated heterocycles. The minimum atomic E-state index is -3.76. The van der Waals surface area contributed by atoms with Gasteiger partial charge in [0.1, 0.15) is 12.6 Å². The third-order valence-electron chi connectivity index (χ3n) is 6.30. The predicted molar refractivity (Wildman–Crippen MR) is 146 cm³/mol. The average molecular weight is 516 g/mol. The maximum atomic E-state index is 13.6. The van der Waals surface area contributed by atoms with E-state index < -0.39 is 28.5 Å². The first-order valence-electron chi connectivity index (χ1n) is 12.4. The molecule has 36 heavy (non-hydrogen) atoms. The Hall–Kier alpha value is -2.87. The lowest BCUT2D eigenvalue weighted by molar-refractivity contribution is -0.139. The molecule has 2 rings (SSSR count). The quantitative estimate of drug-likeness (QED) is 0.508.